The van der Waals surface area contributed by atoms with Crippen LogP contribution in [0.2, 0.25) is 0 Å². The summed E-state index contributed by atoms with van der Waals surface area (Å²) in [6.45, 7) is 13.7. The molecule has 0 aliphatic carbocycles. The minimum absolute atomic E-state index is 0.0210. The Hall–Kier alpha value is -1.59. The van der Waals surface area contributed by atoms with Gasteiger partial charge in [-0.05, 0) is 43.4 Å². The minimum Gasteiger partial charge on any atom is -0.466 e. The standard InChI is InChI=1S/C33H62O6/c1-7-11-13-15-17-19-21-37-31(34)23-28(24-32(35)38-22-20-18-16-14-12-8-2)25-33(36)39-30(10-4)26-29(9-3)27(5)6/h27-30H,7-26H2,1-6H3/t29-,30?/m1/s1. The summed E-state index contributed by atoms with van der Waals surface area (Å²) in [4.78, 5) is 38.0. The van der Waals surface area contributed by atoms with Gasteiger partial charge in [-0.25, -0.2) is 0 Å². The predicted molar refractivity (Wildman–Crippen MR) is 159 cm³/mol. The number of carbonyl (C=O) groups excluding carboxylic acids is 3. The summed E-state index contributed by atoms with van der Waals surface area (Å²) in [5.74, 6) is -0.522. The Bertz CT molecular complexity index is 585. The van der Waals surface area contributed by atoms with Gasteiger partial charge in [0.2, 0.25) is 0 Å². The molecule has 230 valence electrons. The summed E-state index contributed by atoms with van der Waals surface area (Å²) in [5.41, 5.74) is 0. The third-order valence-corrected chi connectivity index (χ3v) is 7.67. The van der Waals surface area contributed by atoms with Crippen molar-refractivity contribution in [2.75, 3.05) is 13.2 Å². The lowest BCUT2D eigenvalue weighted by molar-refractivity contribution is -0.153. The molecule has 0 heterocycles. The molecule has 39 heavy (non-hydrogen) atoms. The van der Waals surface area contributed by atoms with E-state index in [0.29, 0.717) is 25.0 Å². The van der Waals surface area contributed by atoms with Crippen molar-refractivity contribution in [1.29, 1.82) is 0 Å². The highest BCUT2D eigenvalue weighted by Crippen LogP contribution is 2.25. The van der Waals surface area contributed by atoms with Crippen molar-refractivity contribution in [3.05, 3.63) is 0 Å². The fraction of sp³-hybridized carbons (Fsp3) is 0.909. The molecule has 0 aromatic carbocycles. The van der Waals surface area contributed by atoms with Gasteiger partial charge in [0.05, 0.1) is 13.2 Å². The minimum atomic E-state index is -0.476. The summed E-state index contributed by atoms with van der Waals surface area (Å²) < 4.78 is 16.7. The second-order valence-corrected chi connectivity index (χ2v) is 11.6. The first-order valence-electron chi connectivity index (χ1n) is 16.3. The van der Waals surface area contributed by atoms with Crippen molar-refractivity contribution >= 4 is 17.9 Å². The highest BCUT2D eigenvalue weighted by atomic mass is 16.5. The maximum absolute atomic E-state index is 12.9. The van der Waals surface area contributed by atoms with E-state index in [1.54, 1.807) is 0 Å². The van der Waals surface area contributed by atoms with Gasteiger partial charge in [0.25, 0.3) is 0 Å². The molecule has 0 amide bonds. The van der Waals surface area contributed by atoms with Crippen LogP contribution in [-0.4, -0.2) is 37.2 Å². The molecule has 0 fully saturated rings. The van der Waals surface area contributed by atoms with Crippen molar-refractivity contribution in [1.82, 2.24) is 0 Å². The summed E-state index contributed by atoms with van der Waals surface area (Å²) in [6.07, 6.45) is 15.9. The summed E-state index contributed by atoms with van der Waals surface area (Å²) >= 11 is 0. The fourth-order valence-corrected chi connectivity index (χ4v) is 4.96. The van der Waals surface area contributed by atoms with E-state index in [2.05, 4.69) is 34.6 Å². The Morgan fingerprint density at radius 1 is 0.564 bits per heavy atom. The molecule has 6 heteroatoms. The van der Waals surface area contributed by atoms with Crippen LogP contribution in [0.15, 0.2) is 0 Å². The highest BCUT2D eigenvalue weighted by molar-refractivity contribution is 5.76. The molecule has 0 aromatic heterocycles. The van der Waals surface area contributed by atoms with Crippen LogP contribution < -0.4 is 0 Å². The van der Waals surface area contributed by atoms with E-state index < -0.39 is 5.92 Å². The van der Waals surface area contributed by atoms with E-state index in [1.807, 2.05) is 6.92 Å². The first-order valence-corrected chi connectivity index (χ1v) is 16.3. The fourth-order valence-electron chi connectivity index (χ4n) is 4.96. The van der Waals surface area contributed by atoms with Gasteiger partial charge in [-0.15, -0.1) is 0 Å². The maximum Gasteiger partial charge on any atom is 0.306 e. The Morgan fingerprint density at radius 2 is 1.00 bits per heavy atom. The third kappa shape index (κ3) is 21.9. The van der Waals surface area contributed by atoms with Crippen molar-refractivity contribution in [2.24, 2.45) is 17.8 Å². The van der Waals surface area contributed by atoms with E-state index in [1.165, 1.54) is 38.5 Å². The molecule has 1 unspecified atom stereocenters. The van der Waals surface area contributed by atoms with Crippen molar-refractivity contribution in [3.8, 4) is 0 Å². The zero-order chi connectivity index (χ0) is 29.3. The van der Waals surface area contributed by atoms with Crippen LogP contribution >= 0.6 is 0 Å². The van der Waals surface area contributed by atoms with Crippen LogP contribution in [0.3, 0.4) is 0 Å². The maximum atomic E-state index is 12.9. The summed E-state index contributed by atoms with van der Waals surface area (Å²) in [5, 5.41) is 0. The Balaban J connectivity index is 4.82. The molecular weight excluding hydrogens is 492 g/mol. The van der Waals surface area contributed by atoms with Gasteiger partial charge >= 0.3 is 17.9 Å². The van der Waals surface area contributed by atoms with Crippen molar-refractivity contribution < 1.29 is 28.6 Å². The Labute approximate surface area is 240 Å². The number of esters is 3. The van der Waals surface area contributed by atoms with Gasteiger partial charge in [-0.2, -0.15) is 0 Å². The lowest BCUT2D eigenvalue weighted by atomic mass is 9.87. The number of rotatable bonds is 26. The number of carbonyl (C=O) groups is 3. The first-order chi connectivity index (χ1) is 18.8. The van der Waals surface area contributed by atoms with E-state index in [9.17, 15) is 14.4 Å². The van der Waals surface area contributed by atoms with Crippen LogP contribution in [0, 0.1) is 17.8 Å². The molecule has 0 aromatic rings. The Kier molecular flexibility index (Phi) is 24.3. The topological polar surface area (TPSA) is 78.9 Å². The van der Waals surface area contributed by atoms with Gasteiger partial charge in [0.1, 0.15) is 6.10 Å². The van der Waals surface area contributed by atoms with Gasteiger partial charge in [0, 0.05) is 19.3 Å². The second kappa shape index (κ2) is 25.4. The summed E-state index contributed by atoms with van der Waals surface area (Å²) in [7, 11) is 0. The van der Waals surface area contributed by atoms with E-state index in [0.717, 1.165) is 57.8 Å². The molecule has 0 aliphatic heterocycles. The normalized spacial score (nSPS) is 12.9. The molecule has 0 rings (SSSR count). The molecule has 0 saturated carbocycles. The van der Waals surface area contributed by atoms with E-state index in [-0.39, 0.29) is 43.3 Å². The Morgan fingerprint density at radius 3 is 1.41 bits per heavy atom. The summed E-state index contributed by atoms with van der Waals surface area (Å²) in [6, 6.07) is 0. The first kappa shape index (κ1) is 37.4. The second-order valence-electron chi connectivity index (χ2n) is 11.6. The highest BCUT2D eigenvalue weighted by Gasteiger charge is 2.26. The van der Waals surface area contributed by atoms with Crippen LogP contribution in [0.1, 0.15) is 157 Å². The van der Waals surface area contributed by atoms with Crippen LogP contribution in [0.4, 0.5) is 0 Å². The third-order valence-electron chi connectivity index (χ3n) is 7.67. The van der Waals surface area contributed by atoms with Crippen LogP contribution in [0.5, 0.6) is 0 Å². The average Bonchev–Trinajstić information content (AvgIpc) is 2.89. The van der Waals surface area contributed by atoms with Crippen molar-refractivity contribution in [3.63, 3.8) is 0 Å². The smallest absolute Gasteiger partial charge is 0.306 e. The molecule has 0 bridgehead atoms. The lowest BCUT2D eigenvalue weighted by Gasteiger charge is -2.25. The van der Waals surface area contributed by atoms with Crippen LogP contribution in [0.25, 0.3) is 0 Å². The predicted octanol–water partition coefficient (Wildman–Crippen LogP) is 8.97. The number of hydrogen-bond donors (Lipinski definition) is 0. The van der Waals surface area contributed by atoms with Gasteiger partial charge in [-0.1, -0.05) is 112 Å². The monoisotopic (exact) mass is 554 g/mol. The van der Waals surface area contributed by atoms with Gasteiger partial charge in [-0.3, -0.25) is 14.4 Å². The lowest BCUT2D eigenvalue weighted by Crippen LogP contribution is -2.26. The molecule has 0 N–H and O–H groups in total. The van der Waals surface area contributed by atoms with Gasteiger partial charge < -0.3 is 14.2 Å². The van der Waals surface area contributed by atoms with E-state index in [4.69, 9.17) is 14.2 Å². The van der Waals surface area contributed by atoms with E-state index >= 15 is 0 Å². The zero-order valence-electron chi connectivity index (χ0n) is 26.4. The molecule has 2 atom stereocenters. The largest absolute Gasteiger partial charge is 0.466 e. The molecule has 0 radical (unpaired) electrons. The van der Waals surface area contributed by atoms with Crippen molar-refractivity contribution in [2.45, 2.75) is 163 Å². The number of ether oxygens (including phenoxy) is 3. The number of hydrogen-bond acceptors (Lipinski definition) is 6. The molecule has 6 nitrogen and oxygen atoms in total. The SMILES string of the molecule is CCCCCCCCOC(=O)CC(CC(=O)OCCCCCCCC)CC(=O)OC(CC)C[C@@H](CC)C(C)C. The average molecular weight is 555 g/mol. The number of unbranched alkanes of at least 4 members (excludes halogenated alkanes) is 10. The molecule has 0 aliphatic rings. The quantitative estimate of drug-likeness (QED) is 0.0603. The molecule has 0 saturated heterocycles. The zero-order valence-corrected chi connectivity index (χ0v) is 26.4. The van der Waals surface area contributed by atoms with Gasteiger partial charge in [0.15, 0.2) is 0 Å². The molecule has 0 spiro atoms. The van der Waals surface area contributed by atoms with Crippen LogP contribution in [-0.2, 0) is 28.6 Å². The molecular formula is C33H62O6.